The number of nitrogens with one attached hydrogen (secondary N) is 1. The van der Waals surface area contributed by atoms with E-state index in [2.05, 4.69) is 36.3 Å². The molecule has 2 aliphatic rings. The summed E-state index contributed by atoms with van der Waals surface area (Å²) in [5, 5.41) is 3.61. The largest absolute Gasteiger partial charge is 0.305 e. The monoisotopic (exact) mass is 269 g/mol. The lowest BCUT2D eigenvalue weighted by atomic mass is 9.91. The first-order valence-corrected chi connectivity index (χ1v) is 7.64. The molecule has 0 bridgehead atoms. The van der Waals surface area contributed by atoms with E-state index in [0.29, 0.717) is 6.04 Å². The Bertz CT molecular complexity index is 545. The first-order chi connectivity index (χ1) is 9.75. The highest BCUT2D eigenvalue weighted by Gasteiger charge is 2.25. The molecule has 106 valence electrons. The molecule has 3 heteroatoms. The molecule has 2 atom stereocenters. The van der Waals surface area contributed by atoms with Crippen LogP contribution in [0.3, 0.4) is 0 Å². The van der Waals surface area contributed by atoms with E-state index in [1.54, 1.807) is 0 Å². The third kappa shape index (κ3) is 2.68. The zero-order valence-electron chi connectivity index (χ0n) is 12.4. The summed E-state index contributed by atoms with van der Waals surface area (Å²) in [7, 11) is 0. The van der Waals surface area contributed by atoms with Crippen LogP contribution in [0.25, 0.3) is 0 Å². The Morgan fingerprint density at radius 1 is 1.30 bits per heavy atom. The summed E-state index contributed by atoms with van der Waals surface area (Å²) >= 11 is 0. The van der Waals surface area contributed by atoms with Crippen LogP contribution in [0.15, 0.2) is 35.0 Å². The van der Waals surface area contributed by atoms with Crippen molar-refractivity contribution in [2.45, 2.75) is 51.6 Å². The summed E-state index contributed by atoms with van der Waals surface area (Å²) in [5.41, 5.74) is 5.15. The minimum absolute atomic E-state index is 0.247. The maximum absolute atomic E-state index is 5.04. The fraction of sp³-hybridized carbons (Fsp3) is 0.529. The molecule has 0 amide bonds. The Hall–Kier alpha value is -1.48. The molecule has 1 aromatic heterocycles. The van der Waals surface area contributed by atoms with Crippen LogP contribution in [-0.2, 0) is 0 Å². The van der Waals surface area contributed by atoms with Crippen LogP contribution in [-0.4, -0.2) is 23.3 Å². The maximum Gasteiger partial charge on any atom is 0.0922 e. The number of hydrogen-bond acceptors (Lipinski definition) is 3. The van der Waals surface area contributed by atoms with Crippen molar-refractivity contribution < 1.29 is 0 Å². The molecule has 3 rings (SSSR count). The van der Waals surface area contributed by atoms with Gasteiger partial charge in [-0.3, -0.25) is 9.98 Å². The quantitative estimate of drug-likeness (QED) is 0.836. The molecule has 0 aromatic carbocycles. The van der Waals surface area contributed by atoms with E-state index >= 15 is 0 Å². The number of rotatable bonds is 2. The van der Waals surface area contributed by atoms with Crippen molar-refractivity contribution >= 4 is 5.71 Å². The topological polar surface area (TPSA) is 37.3 Å². The van der Waals surface area contributed by atoms with Gasteiger partial charge in [-0.15, -0.1) is 0 Å². The summed E-state index contributed by atoms with van der Waals surface area (Å²) in [4.78, 5) is 9.60. The molecule has 2 aliphatic heterocycles. The van der Waals surface area contributed by atoms with Gasteiger partial charge in [0.1, 0.15) is 0 Å². The van der Waals surface area contributed by atoms with E-state index in [0.717, 1.165) is 31.5 Å². The average molecular weight is 269 g/mol. The fourth-order valence-corrected chi connectivity index (χ4v) is 3.26. The van der Waals surface area contributed by atoms with Crippen molar-refractivity contribution in [1.82, 2.24) is 10.3 Å². The molecule has 3 nitrogen and oxygen atoms in total. The lowest BCUT2D eigenvalue weighted by Gasteiger charge is -2.29. The van der Waals surface area contributed by atoms with E-state index in [9.17, 15) is 0 Å². The third-order valence-corrected chi connectivity index (χ3v) is 4.35. The number of aryl methyl sites for hydroxylation is 1. The lowest BCUT2D eigenvalue weighted by Crippen LogP contribution is -2.41. The molecule has 2 unspecified atom stereocenters. The first kappa shape index (κ1) is 13.5. The molecule has 20 heavy (non-hydrogen) atoms. The van der Waals surface area contributed by atoms with Crippen molar-refractivity contribution in [2.75, 3.05) is 6.54 Å². The van der Waals surface area contributed by atoms with Gasteiger partial charge in [0.05, 0.1) is 17.8 Å². The van der Waals surface area contributed by atoms with Crippen LogP contribution >= 0.6 is 0 Å². The average Bonchev–Trinajstić information content (AvgIpc) is 2.48. The van der Waals surface area contributed by atoms with E-state index < -0.39 is 0 Å². The van der Waals surface area contributed by atoms with Crippen molar-refractivity contribution in [3.63, 3.8) is 0 Å². The van der Waals surface area contributed by atoms with Gasteiger partial charge < -0.3 is 5.32 Å². The molecule has 0 radical (unpaired) electrons. The normalized spacial score (nSPS) is 26.9. The van der Waals surface area contributed by atoms with Crippen molar-refractivity contribution in [2.24, 2.45) is 4.99 Å². The fourth-order valence-electron chi connectivity index (χ4n) is 3.26. The third-order valence-electron chi connectivity index (χ3n) is 4.35. The molecule has 0 saturated carbocycles. The Labute approximate surface area is 121 Å². The molecular formula is C17H23N3. The van der Waals surface area contributed by atoms with E-state index in [1.807, 2.05) is 12.3 Å². The van der Waals surface area contributed by atoms with Gasteiger partial charge in [-0.25, -0.2) is 0 Å². The van der Waals surface area contributed by atoms with Gasteiger partial charge in [0.25, 0.3) is 0 Å². The summed E-state index contributed by atoms with van der Waals surface area (Å²) in [5.74, 6) is 0. The Morgan fingerprint density at radius 2 is 2.20 bits per heavy atom. The smallest absolute Gasteiger partial charge is 0.0922 e. The van der Waals surface area contributed by atoms with Gasteiger partial charge in [0.15, 0.2) is 0 Å². The second kappa shape index (κ2) is 5.88. The van der Waals surface area contributed by atoms with Crippen molar-refractivity contribution in [3.05, 3.63) is 41.2 Å². The first-order valence-electron chi connectivity index (χ1n) is 7.64. The minimum atomic E-state index is 0.247. The second-order valence-electron chi connectivity index (χ2n) is 5.86. The van der Waals surface area contributed by atoms with Gasteiger partial charge in [-0.1, -0.05) is 17.7 Å². The minimum Gasteiger partial charge on any atom is -0.305 e. The van der Waals surface area contributed by atoms with Gasteiger partial charge in [-0.05, 0) is 57.7 Å². The van der Waals surface area contributed by atoms with Crippen LogP contribution < -0.4 is 5.32 Å². The zero-order valence-corrected chi connectivity index (χ0v) is 12.4. The molecule has 0 aliphatic carbocycles. The summed E-state index contributed by atoms with van der Waals surface area (Å²) in [6, 6.07) is 4.74. The Balaban J connectivity index is 1.88. The predicted molar refractivity (Wildman–Crippen MR) is 83.2 cm³/mol. The molecule has 0 saturated heterocycles. The second-order valence-corrected chi connectivity index (χ2v) is 5.86. The molecule has 1 aromatic rings. The van der Waals surface area contributed by atoms with Gasteiger partial charge in [0, 0.05) is 11.9 Å². The van der Waals surface area contributed by atoms with E-state index in [-0.39, 0.29) is 6.04 Å². The van der Waals surface area contributed by atoms with Crippen LogP contribution in [0.1, 0.15) is 49.9 Å². The van der Waals surface area contributed by atoms with Crippen LogP contribution in [0, 0.1) is 6.92 Å². The van der Waals surface area contributed by atoms with E-state index in [4.69, 9.17) is 4.99 Å². The Morgan fingerprint density at radius 3 is 3.00 bits per heavy atom. The van der Waals surface area contributed by atoms with Crippen LogP contribution in [0.4, 0.5) is 0 Å². The zero-order chi connectivity index (χ0) is 13.9. The molecule has 1 N–H and O–H groups in total. The van der Waals surface area contributed by atoms with Gasteiger partial charge in [0.2, 0.25) is 0 Å². The number of pyridine rings is 1. The highest BCUT2D eigenvalue weighted by Crippen LogP contribution is 2.30. The van der Waals surface area contributed by atoms with Gasteiger partial charge in [-0.2, -0.15) is 0 Å². The van der Waals surface area contributed by atoms with Crippen LogP contribution in [0.2, 0.25) is 0 Å². The van der Waals surface area contributed by atoms with Gasteiger partial charge >= 0.3 is 0 Å². The Kier molecular flexibility index (Phi) is 3.97. The summed E-state index contributed by atoms with van der Waals surface area (Å²) in [6.45, 7) is 5.42. The standard InChI is InChI=1S/C17H23N3/c1-12-6-4-10-18-16(12)14-8-3-9-15(20-14)17-13(2)7-5-11-19-17/h4,6-7,10,14,17,19H,3,5,8-9,11H2,1-2H3. The lowest BCUT2D eigenvalue weighted by molar-refractivity contribution is 0.552. The van der Waals surface area contributed by atoms with Crippen LogP contribution in [0.5, 0.6) is 0 Å². The molecule has 3 heterocycles. The van der Waals surface area contributed by atoms with Crippen molar-refractivity contribution in [1.29, 1.82) is 0 Å². The summed E-state index contributed by atoms with van der Waals surface area (Å²) < 4.78 is 0. The molecule has 0 spiro atoms. The number of aromatic nitrogens is 1. The summed E-state index contributed by atoms with van der Waals surface area (Å²) in [6.07, 6.45) is 8.82. The highest BCUT2D eigenvalue weighted by molar-refractivity contribution is 5.93. The molecule has 0 fully saturated rings. The van der Waals surface area contributed by atoms with E-state index in [1.165, 1.54) is 23.3 Å². The SMILES string of the molecule is CC1=CCCNC1C1=NC(c2ncccc2C)CCC1. The maximum atomic E-state index is 5.04. The highest BCUT2D eigenvalue weighted by atomic mass is 15.0. The van der Waals surface area contributed by atoms with Crippen molar-refractivity contribution in [3.8, 4) is 0 Å². The predicted octanol–water partition coefficient (Wildman–Crippen LogP) is 3.36. The number of nitrogens with zero attached hydrogens (tertiary/aromatic N) is 2. The molecular weight excluding hydrogens is 246 g/mol. The number of hydrogen-bond donors (Lipinski definition) is 1. The number of aliphatic imine (C=N–C) groups is 1.